The lowest BCUT2D eigenvalue weighted by Crippen LogP contribution is -2.37. The quantitative estimate of drug-likeness (QED) is 0.0114. The molecule has 0 rings (SSSR count). The van der Waals surface area contributed by atoms with Gasteiger partial charge in [0.2, 0.25) is 0 Å². The number of hydrogen-bond acceptors (Lipinski definition) is 8. The fourth-order valence-corrected chi connectivity index (χ4v) is 6.62. The molecule has 1 unspecified atom stereocenters. The minimum Gasteiger partial charge on any atom is -0.756 e. The Morgan fingerprint density at radius 3 is 1.61 bits per heavy atom. The predicted octanol–water partition coefficient (Wildman–Crippen LogP) is 12.1. The summed E-state index contributed by atoms with van der Waals surface area (Å²) in [6.07, 6.45) is 45.0. The van der Waals surface area contributed by atoms with Gasteiger partial charge < -0.3 is 27.9 Å². The summed E-state index contributed by atoms with van der Waals surface area (Å²) in [7, 11) is 1.09. The molecular weight excluding hydrogens is 725 g/mol. The van der Waals surface area contributed by atoms with Crippen LogP contribution >= 0.6 is 7.82 Å². The van der Waals surface area contributed by atoms with Crippen LogP contribution in [0.5, 0.6) is 0 Å². The Balaban J connectivity index is 4.51. The van der Waals surface area contributed by atoms with Gasteiger partial charge in [-0.25, -0.2) is 4.79 Å². The van der Waals surface area contributed by atoms with E-state index in [-0.39, 0.29) is 19.6 Å². The van der Waals surface area contributed by atoms with Crippen LogP contribution in [0.15, 0.2) is 48.6 Å². The Labute approximate surface area is 343 Å². The zero-order chi connectivity index (χ0) is 41.4. The molecule has 0 spiro atoms. The molecule has 326 valence electrons. The lowest BCUT2D eigenvalue weighted by Gasteiger charge is -2.28. The van der Waals surface area contributed by atoms with E-state index >= 15 is 0 Å². The van der Waals surface area contributed by atoms with Crippen LogP contribution in [0.2, 0.25) is 0 Å². The van der Waals surface area contributed by atoms with Crippen molar-refractivity contribution >= 4 is 19.8 Å². The summed E-state index contributed by atoms with van der Waals surface area (Å²) in [6, 6.07) is 0. The minimum absolute atomic E-state index is 0.0535. The first-order valence-corrected chi connectivity index (χ1v) is 23.8. The summed E-state index contributed by atoms with van der Waals surface area (Å²) in [6.45, 7) is 4.05. The Hall–Kier alpha value is -2.03. The molecule has 0 aliphatic rings. The molecule has 0 saturated heterocycles. The maximum absolute atomic E-state index is 12.6. The van der Waals surface area contributed by atoms with Gasteiger partial charge in [-0.2, -0.15) is 0 Å². The van der Waals surface area contributed by atoms with Gasteiger partial charge in [-0.15, -0.1) is 0 Å². The van der Waals surface area contributed by atoms with Crippen molar-refractivity contribution in [3.05, 3.63) is 48.6 Å². The molecule has 0 heterocycles. The highest BCUT2D eigenvalue weighted by atomic mass is 31.2. The number of ether oxygens (including phenoxy) is 2. The Kier molecular flexibility index (Phi) is 37.1. The molecule has 0 amide bonds. The van der Waals surface area contributed by atoms with Crippen molar-refractivity contribution in [1.29, 1.82) is 0 Å². The Morgan fingerprint density at radius 1 is 0.607 bits per heavy atom. The highest BCUT2D eigenvalue weighted by molar-refractivity contribution is 7.45. The molecule has 56 heavy (non-hydrogen) atoms. The molecule has 0 aromatic rings. The number of unbranched alkanes of at least 4 members (excludes halogenated alkanes) is 21. The molecule has 10 heteroatoms. The molecule has 0 aliphatic heterocycles. The van der Waals surface area contributed by atoms with Crippen LogP contribution < -0.4 is 4.89 Å². The summed E-state index contributed by atoms with van der Waals surface area (Å²) in [5.74, 6) is -1.14. The lowest BCUT2D eigenvalue weighted by atomic mass is 10.1. The largest absolute Gasteiger partial charge is 0.756 e. The molecule has 0 saturated carbocycles. The zero-order valence-corrected chi connectivity index (χ0v) is 37.5. The number of nitrogens with zero attached hydrogens (tertiary/aromatic N) is 1. The van der Waals surface area contributed by atoms with Gasteiger partial charge in [-0.3, -0.25) is 9.36 Å². The van der Waals surface area contributed by atoms with Gasteiger partial charge in [0.05, 0.1) is 27.7 Å². The number of quaternary nitrogens is 1. The second kappa shape index (κ2) is 38.5. The van der Waals surface area contributed by atoms with Crippen molar-refractivity contribution in [2.75, 3.05) is 47.5 Å². The standard InChI is InChI=1S/C46H84NO8P/c1-6-8-10-12-14-16-18-20-22-23-25-26-28-30-32-34-36-38-45(48)52-42-44(43-54-56(50,51)53-41-40-47(3,4)5)55-46(49)39-37-35-33-31-29-27-24-21-19-17-15-13-11-9-7-2/h25-26,30,32-33,35,37,39,44H,6-24,27-29,31,34,36,38,40-43H2,1-5H3/b26-25+,32-30+,35-33+,39-37+/t44-/m1/s1. The molecule has 0 aromatic heterocycles. The van der Waals surface area contributed by atoms with E-state index < -0.39 is 32.5 Å². The summed E-state index contributed by atoms with van der Waals surface area (Å²) in [5, 5.41) is 0. The van der Waals surface area contributed by atoms with Crippen LogP contribution in [0.3, 0.4) is 0 Å². The minimum atomic E-state index is -4.66. The SMILES string of the molecule is CCCCCCCCCCC/C=C/C/C=C/CCCC(=O)OC[C@H](COP(=O)([O-])OCC[N+](C)(C)C)OC(=O)/C=C/C=C/CCCCCCCCCCCCC. The third-order valence-corrected chi connectivity index (χ3v) is 10.4. The second-order valence-corrected chi connectivity index (χ2v) is 17.5. The van der Waals surface area contributed by atoms with E-state index in [1.807, 2.05) is 27.2 Å². The van der Waals surface area contributed by atoms with E-state index in [9.17, 15) is 19.0 Å². The highest BCUT2D eigenvalue weighted by Crippen LogP contribution is 2.38. The fourth-order valence-electron chi connectivity index (χ4n) is 5.90. The Bertz CT molecular complexity index is 1100. The van der Waals surface area contributed by atoms with Crippen molar-refractivity contribution in [2.45, 2.75) is 187 Å². The first-order valence-electron chi connectivity index (χ1n) is 22.4. The van der Waals surface area contributed by atoms with Crippen molar-refractivity contribution in [2.24, 2.45) is 0 Å². The van der Waals surface area contributed by atoms with Crippen molar-refractivity contribution in [3.63, 3.8) is 0 Å². The highest BCUT2D eigenvalue weighted by Gasteiger charge is 2.21. The van der Waals surface area contributed by atoms with Crippen molar-refractivity contribution in [1.82, 2.24) is 0 Å². The predicted molar refractivity (Wildman–Crippen MR) is 231 cm³/mol. The van der Waals surface area contributed by atoms with E-state index in [0.717, 1.165) is 32.1 Å². The molecule has 9 nitrogen and oxygen atoms in total. The molecule has 2 atom stereocenters. The van der Waals surface area contributed by atoms with E-state index in [1.54, 1.807) is 12.2 Å². The number of rotatable bonds is 40. The maximum Gasteiger partial charge on any atom is 0.331 e. The fraction of sp³-hybridized carbons (Fsp3) is 0.783. The molecule has 0 bridgehead atoms. The van der Waals surface area contributed by atoms with Gasteiger partial charge in [-0.1, -0.05) is 172 Å². The average Bonchev–Trinajstić information content (AvgIpc) is 3.15. The molecule has 0 radical (unpaired) electrons. The summed E-state index contributed by atoms with van der Waals surface area (Å²) in [4.78, 5) is 37.4. The summed E-state index contributed by atoms with van der Waals surface area (Å²) in [5.41, 5.74) is 0. The number of carbonyl (C=O) groups is 2. The number of esters is 2. The molecule has 0 aromatic carbocycles. The van der Waals surface area contributed by atoms with Crippen LogP contribution in [0, 0.1) is 0 Å². The van der Waals surface area contributed by atoms with E-state index in [0.29, 0.717) is 17.4 Å². The van der Waals surface area contributed by atoms with Gasteiger partial charge in [0, 0.05) is 12.5 Å². The smallest absolute Gasteiger partial charge is 0.331 e. The summed E-state index contributed by atoms with van der Waals surface area (Å²) < 4.78 is 33.6. The lowest BCUT2D eigenvalue weighted by molar-refractivity contribution is -0.870. The number of allylic oxidation sites excluding steroid dienone is 7. The third kappa shape index (κ3) is 41.6. The number of likely N-dealkylation sites (N-methyl/N-ethyl adjacent to an activating group) is 1. The van der Waals surface area contributed by atoms with Crippen LogP contribution in [-0.4, -0.2) is 70.0 Å². The maximum atomic E-state index is 12.6. The number of hydrogen-bond donors (Lipinski definition) is 0. The molecule has 0 aliphatic carbocycles. The van der Waals surface area contributed by atoms with Crippen LogP contribution in [-0.2, 0) is 32.7 Å². The van der Waals surface area contributed by atoms with Crippen LogP contribution in [0.1, 0.15) is 181 Å². The normalized spacial score (nSPS) is 14.0. The average molecular weight is 810 g/mol. The van der Waals surface area contributed by atoms with Gasteiger partial charge in [0.15, 0.2) is 6.10 Å². The van der Waals surface area contributed by atoms with E-state index in [4.69, 9.17) is 18.5 Å². The first kappa shape index (κ1) is 54.0. The van der Waals surface area contributed by atoms with Gasteiger partial charge in [0.25, 0.3) is 7.82 Å². The summed E-state index contributed by atoms with van der Waals surface area (Å²) >= 11 is 0. The van der Waals surface area contributed by atoms with Gasteiger partial charge in [-0.05, 0) is 44.9 Å². The zero-order valence-electron chi connectivity index (χ0n) is 36.6. The number of phosphoric acid groups is 1. The second-order valence-electron chi connectivity index (χ2n) is 16.1. The Morgan fingerprint density at radius 2 is 1.09 bits per heavy atom. The van der Waals surface area contributed by atoms with Gasteiger partial charge >= 0.3 is 11.9 Å². The van der Waals surface area contributed by atoms with Gasteiger partial charge in [0.1, 0.15) is 19.8 Å². The van der Waals surface area contributed by atoms with Crippen molar-refractivity contribution in [3.8, 4) is 0 Å². The molecular formula is C46H84NO8P. The molecule has 0 N–H and O–H groups in total. The van der Waals surface area contributed by atoms with E-state index in [1.165, 1.54) is 128 Å². The third-order valence-electron chi connectivity index (χ3n) is 9.43. The molecule has 0 fully saturated rings. The van der Waals surface area contributed by atoms with E-state index in [2.05, 4.69) is 38.2 Å². The van der Waals surface area contributed by atoms with Crippen LogP contribution in [0.4, 0.5) is 0 Å². The number of carbonyl (C=O) groups excluding carboxylic acids is 2. The van der Waals surface area contributed by atoms with Crippen LogP contribution in [0.25, 0.3) is 0 Å². The number of phosphoric ester groups is 1. The van der Waals surface area contributed by atoms with Crippen molar-refractivity contribution < 1.29 is 42.1 Å². The monoisotopic (exact) mass is 810 g/mol. The first-order chi connectivity index (χ1) is 27.0. The topological polar surface area (TPSA) is 111 Å².